The van der Waals surface area contributed by atoms with Crippen LogP contribution >= 0.6 is 11.8 Å². The average molecular weight is 270 g/mol. The first kappa shape index (κ1) is 14.9. The molecule has 6 heteroatoms. The number of hydrogen-bond acceptors (Lipinski definition) is 4. The third-order valence-electron chi connectivity index (χ3n) is 2.56. The maximum Gasteiger partial charge on any atom is 0.241 e. The molecule has 0 saturated heterocycles. The normalized spacial score (nSPS) is 10.5. The van der Waals surface area contributed by atoms with Gasteiger partial charge in [-0.25, -0.2) is 0 Å². The minimum absolute atomic E-state index is 0.0118. The molecule has 0 radical (unpaired) electrons. The quantitative estimate of drug-likeness (QED) is 0.667. The van der Waals surface area contributed by atoms with E-state index in [4.69, 9.17) is 5.73 Å². The fraction of sp³-hybridized carbons (Fsp3) is 0.667. The summed E-state index contributed by atoms with van der Waals surface area (Å²) >= 11 is 1.88. The largest absolute Gasteiger partial charge is 0.396 e. The van der Waals surface area contributed by atoms with Crippen molar-refractivity contribution in [1.82, 2.24) is 15.1 Å². The molecule has 1 amide bonds. The molecule has 5 nitrogen and oxygen atoms in total. The third-order valence-corrected chi connectivity index (χ3v) is 3.25. The minimum atomic E-state index is -0.0118. The van der Waals surface area contributed by atoms with Crippen molar-refractivity contribution in [2.45, 2.75) is 32.2 Å². The molecule has 1 heterocycles. The Balaban J connectivity index is 2.00. The van der Waals surface area contributed by atoms with Gasteiger partial charge in [-0.1, -0.05) is 12.8 Å². The Labute approximate surface area is 112 Å². The van der Waals surface area contributed by atoms with Gasteiger partial charge in [-0.3, -0.25) is 9.48 Å². The number of nitrogens with one attached hydrogen (secondary N) is 1. The van der Waals surface area contributed by atoms with E-state index < -0.39 is 0 Å². The lowest BCUT2D eigenvalue weighted by Crippen LogP contribution is -2.28. The SMILES string of the molecule is CSCCCCCCNC(=O)Cn1cc(N)cn1. The number of anilines is 1. The number of unbranched alkanes of at least 4 members (excludes halogenated alkanes) is 3. The van der Waals surface area contributed by atoms with Crippen LogP contribution in [0.4, 0.5) is 5.69 Å². The smallest absolute Gasteiger partial charge is 0.241 e. The number of nitrogens with two attached hydrogens (primary N) is 1. The number of rotatable bonds is 9. The minimum Gasteiger partial charge on any atom is -0.396 e. The molecule has 0 aliphatic rings. The predicted octanol–water partition coefficient (Wildman–Crippen LogP) is 1.50. The first-order valence-corrected chi connectivity index (χ1v) is 7.65. The summed E-state index contributed by atoms with van der Waals surface area (Å²) in [6.07, 6.45) is 10.0. The number of hydrogen-bond donors (Lipinski definition) is 2. The summed E-state index contributed by atoms with van der Waals surface area (Å²) in [5.74, 6) is 1.22. The molecule has 0 spiro atoms. The highest BCUT2D eigenvalue weighted by Crippen LogP contribution is 2.03. The Morgan fingerprint density at radius 3 is 2.89 bits per heavy atom. The van der Waals surface area contributed by atoms with Gasteiger partial charge >= 0.3 is 0 Å². The van der Waals surface area contributed by atoms with Crippen LogP contribution in [0, 0.1) is 0 Å². The van der Waals surface area contributed by atoms with E-state index in [9.17, 15) is 4.79 Å². The predicted molar refractivity (Wildman–Crippen MR) is 76.5 cm³/mol. The molecule has 0 aliphatic carbocycles. The monoisotopic (exact) mass is 270 g/mol. The lowest BCUT2D eigenvalue weighted by Gasteiger charge is -2.05. The summed E-state index contributed by atoms with van der Waals surface area (Å²) in [7, 11) is 0. The molecule has 0 unspecified atom stereocenters. The van der Waals surface area contributed by atoms with E-state index in [0.717, 1.165) is 13.0 Å². The maximum absolute atomic E-state index is 11.5. The Hall–Kier alpha value is -1.17. The Morgan fingerprint density at radius 2 is 2.22 bits per heavy atom. The summed E-state index contributed by atoms with van der Waals surface area (Å²) in [6.45, 7) is 0.985. The van der Waals surface area contributed by atoms with Gasteiger partial charge in [0.25, 0.3) is 0 Å². The van der Waals surface area contributed by atoms with Crippen LogP contribution in [-0.4, -0.2) is 34.2 Å². The van der Waals surface area contributed by atoms with E-state index in [1.807, 2.05) is 11.8 Å². The van der Waals surface area contributed by atoms with Gasteiger partial charge < -0.3 is 11.1 Å². The Kier molecular flexibility index (Phi) is 7.32. The molecule has 0 saturated carbocycles. The van der Waals surface area contributed by atoms with Gasteiger partial charge in [0, 0.05) is 12.7 Å². The fourth-order valence-corrected chi connectivity index (χ4v) is 2.11. The second-order valence-corrected chi connectivity index (χ2v) is 5.21. The van der Waals surface area contributed by atoms with Crippen LogP contribution in [0.1, 0.15) is 25.7 Å². The first-order chi connectivity index (χ1) is 8.72. The van der Waals surface area contributed by atoms with Gasteiger partial charge in [0.2, 0.25) is 5.91 Å². The van der Waals surface area contributed by atoms with E-state index in [2.05, 4.69) is 16.7 Å². The molecular formula is C12H22N4OS. The topological polar surface area (TPSA) is 72.9 Å². The standard InChI is InChI=1S/C12H22N4OS/c1-18-7-5-3-2-4-6-14-12(17)10-16-9-11(13)8-15-16/h8-9H,2-7,10,13H2,1H3,(H,14,17). The van der Waals surface area contributed by atoms with Crippen molar-refractivity contribution < 1.29 is 4.79 Å². The molecule has 0 aromatic carbocycles. The van der Waals surface area contributed by atoms with Gasteiger partial charge in [-0.05, 0) is 24.9 Å². The van der Waals surface area contributed by atoms with Gasteiger partial charge in [0.05, 0.1) is 11.9 Å². The Morgan fingerprint density at radius 1 is 1.44 bits per heavy atom. The van der Waals surface area contributed by atoms with Crippen molar-refractivity contribution in [1.29, 1.82) is 0 Å². The molecule has 3 N–H and O–H groups in total. The van der Waals surface area contributed by atoms with Crippen LogP contribution < -0.4 is 11.1 Å². The average Bonchev–Trinajstić information content (AvgIpc) is 2.73. The van der Waals surface area contributed by atoms with Crippen LogP contribution in [-0.2, 0) is 11.3 Å². The molecule has 102 valence electrons. The molecular weight excluding hydrogens is 248 g/mol. The zero-order valence-corrected chi connectivity index (χ0v) is 11.7. The van der Waals surface area contributed by atoms with Gasteiger partial charge in [0.15, 0.2) is 0 Å². The van der Waals surface area contributed by atoms with Crippen LogP contribution in [0.15, 0.2) is 12.4 Å². The second-order valence-electron chi connectivity index (χ2n) is 4.23. The van der Waals surface area contributed by atoms with Crippen LogP contribution in [0.2, 0.25) is 0 Å². The highest BCUT2D eigenvalue weighted by atomic mass is 32.2. The summed E-state index contributed by atoms with van der Waals surface area (Å²) in [4.78, 5) is 11.5. The lowest BCUT2D eigenvalue weighted by atomic mass is 10.2. The summed E-state index contributed by atoms with van der Waals surface area (Å²) in [5, 5.41) is 6.85. The first-order valence-electron chi connectivity index (χ1n) is 6.26. The lowest BCUT2D eigenvalue weighted by molar-refractivity contribution is -0.121. The number of amides is 1. The highest BCUT2D eigenvalue weighted by molar-refractivity contribution is 7.98. The molecule has 0 fully saturated rings. The number of nitrogen functional groups attached to an aromatic ring is 1. The summed E-state index contributed by atoms with van der Waals surface area (Å²) in [6, 6.07) is 0. The van der Waals surface area contributed by atoms with Crippen molar-refractivity contribution in [2.24, 2.45) is 0 Å². The van der Waals surface area contributed by atoms with E-state index in [-0.39, 0.29) is 12.5 Å². The second kappa shape index (κ2) is 8.85. The number of thioether (sulfide) groups is 1. The summed E-state index contributed by atoms with van der Waals surface area (Å²) < 4.78 is 1.54. The molecule has 1 aromatic heterocycles. The summed E-state index contributed by atoms with van der Waals surface area (Å²) in [5.41, 5.74) is 6.10. The van der Waals surface area contributed by atoms with Crippen molar-refractivity contribution in [3.63, 3.8) is 0 Å². The maximum atomic E-state index is 11.5. The highest BCUT2D eigenvalue weighted by Gasteiger charge is 2.02. The van der Waals surface area contributed by atoms with Crippen LogP contribution in [0.3, 0.4) is 0 Å². The van der Waals surface area contributed by atoms with E-state index >= 15 is 0 Å². The zero-order chi connectivity index (χ0) is 13.2. The number of carbonyl (C=O) groups is 1. The fourth-order valence-electron chi connectivity index (χ4n) is 1.62. The molecule has 0 atom stereocenters. The van der Waals surface area contributed by atoms with Crippen molar-refractivity contribution in [3.8, 4) is 0 Å². The van der Waals surface area contributed by atoms with Gasteiger partial charge in [-0.15, -0.1) is 0 Å². The van der Waals surface area contributed by atoms with Crippen molar-refractivity contribution in [3.05, 3.63) is 12.4 Å². The van der Waals surface area contributed by atoms with E-state index in [1.165, 1.54) is 25.0 Å². The zero-order valence-electron chi connectivity index (χ0n) is 10.9. The van der Waals surface area contributed by atoms with Crippen molar-refractivity contribution >= 4 is 23.4 Å². The van der Waals surface area contributed by atoms with Gasteiger partial charge in [-0.2, -0.15) is 16.9 Å². The molecule has 0 bridgehead atoms. The van der Waals surface area contributed by atoms with Gasteiger partial charge in [0.1, 0.15) is 6.54 Å². The van der Waals surface area contributed by atoms with E-state index in [0.29, 0.717) is 5.69 Å². The molecule has 1 aromatic rings. The molecule has 18 heavy (non-hydrogen) atoms. The number of carbonyl (C=O) groups excluding carboxylic acids is 1. The van der Waals surface area contributed by atoms with Crippen LogP contribution in [0.5, 0.6) is 0 Å². The van der Waals surface area contributed by atoms with E-state index in [1.54, 1.807) is 17.1 Å². The Bertz CT molecular complexity index is 354. The van der Waals surface area contributed by atoms with Crippen LogP contribution in [0.25, 0.3) is 0 Å². The third kappa shape index (κ3) is 6.54. The van der Waals surface area contributed by atoms with Crippen molar-refractivity contribution in [2.75, 3.05) is 24.3 Å². The molecule has 0 aliphatic heterocycles. The number of nitrogens with zero attached hydrogens (tertiary/aromatic N) is 2. The molecule has 1 rings (SSSR count). The number of aromatic nitrogens is 2.